The van der Waals surface area contributed by atoms with Crippen molar-refractivity contribution in [2.24, 2.45) is 0 Å². The SMILES string of the molecule is Cc1c(O)c2c(c(C3c4ccc(O)cc4OC(c4cc(O)c(O)c(O)c4)[C@H]3O)c1O)OC(c1cc(O)c(O)c(O)c1)[C@@H](O)C2. The molecule has 4 aromatic carbocycles. The van der Waals surface area contributed by atoms with Crippen LogP contribution in [0.1, 0.15) is 51.5 Å². The van der Waals surface area contributed by atoms with Crippen LogP contribution < -0.4 is 9.47 Å². The summed E-state index contributed by atoms with van der Waals surface area (Å²) in [7, 11) is 0. The van der Waals surface area contributed by atoms with Gasteiger partial charge >= 0.3 is 0 Å². The summed E-state index contributed by atoms with van der Waals surface area (Å²) >= 11 is 0. The average Bonchev–Trinajstić information content (AvgIpc) is 2.98. The quantitative estimate of drug-likeness (QED) is 0.150. The standard InChI is InChI=1S/C31H28O13/c1-10-24(38)15-9-20(37)29(11-4-16(33)26(40)17(34)5-11)44-31(15)23(25(10)39)22-14-3-2-13(32)8-21(14)43-30(28(22)42)12-6-18(35)27(41)19(36)7-12/h2-8,20,22,28-30,32-42H,9H2,1H3/t20-,22?,28-,29?,30?/m0/s1. The van der Waals surface area contributed by atoms with Crippen LogP contribution in [0.4, 0.5) is 0 Å². The van der Waals surface area contributed by atoms with E-state index in [0.717, 1.165) is 24.3 Å². The van der Waals surface area contributed by atoms with Gasteiger partial charge in [-0.2, -0.15) is 0 Å². The Morgan fingerprint density at radius 3 is 1.75 bits per heavy atom. The normalized spacial score (nSPS) is 22.4. The molecule has 11 N–H and O–H groups in total. The van der Waals surface area contributed by atoms with Gasteiger partial charge in [0.15, 0.2) is 46.7 Å². The first-order valence-corrected chi connectivity index (χ1v) is 13.4. The molecular formula is C31H28O13. The zero-order valence-electron chi connectivity index (χ0n) is 22.9. The second kappa shape index (κ2) is 10.1. The Kier molecular flexibility index (Phi) is 6.59. The molecule has 0 saturated heterocycles. The van der Waals surface area contributed by atoms with E-state index in [0.29, 0.717) is 0 Å². The molecule has 6 rings (SSSR count). The van der Waals surface area contributed by atoms with Crippen molar-refractivity contribution in [3.8, 4) is 63.2 Å². The smallest absolute Gasteiger partial charge is 0.200 e. The van der Waals surface area contributed by atoms with Crippen molar-refractivity contribution in [3.63, 3.8) is 0 Å². The Hall–Kier alpha value is -5.40. The van der Waals surface area contributed by atoms with Crippen LogP contribution in [-0.2, 0) is 6.42 Å². The third kappa shape index (κ3) is 4.32. The maximum atomic E-state index is 11.8. The molecule has 0 aromatic heterocycles. The number of hydrogen-bond acceptors (Lipinski definition) is 13. The number of rotatable bonds is 3. The second-order valence-electron chi connectivity index (χ2n) is 10.9. The molecule has 0 aliphatic carbocycles. The monoisotopic (exact) mass is 608 g/mol. The fourth-order valence-corrected chi connectivity index (χ4v) is 5.96. The van der Waals surface area contributed by atoms with Gasteiger partial charge < -0.3 is 65.6 Å². The largest absolute Gasteiger partial charge is 0.508 e. The van der Waals surface area contributed by atoms with Gasteiger partial charge in [-0.25, -0.2) is 0 Å². The molecule has 2 heterocycles. The van der Waals surface area contributed by atoms with Gasteiger partial charge in [0.25, 0.3) is 0 Å². The Bertz CT molecular complexity index is 1770. The molecule has 44 heavy (non-hydrogen) atoms. The first kappa shape index (κ1) is 28.7. The zero-order valence-corrected chi connectivity index (χ0v) is 22.9. The van der Waals surface area contributed by atoms with Crippen LogP contribution in [0.3, 0.4) is 0 Å². The third-order valence-electron chi connectivity index (χ3n) is 8.17. The van der Waals surface area contributed by atoms with Crippen molar-refractivity contribution in [1.82, 2.24) is 0 Å². The summed E-state index contributed by atoms with van der Waals surface area (Å²) in [6, 6.07) is 8.31. The number of phenols is 9. The minimum atomic E-state index is -1.59. The summed E-state index contributed by atoms with van der Waals surface area (Å²) in [5.74, 6) is -6.70. The topological polar surface area (TPSA) is 241 Å². The predicted molar refractivity (Wildman–Crippen MR) is 150 cm³/mol. The van der Waals surface area contributed by atoms with E-state index < -0.39 is 70.6 Å². The summed E-state index contributed by atoms with van der Waals surface area (Å²) < 4.78 is 12.2. The number of fused-ring (bicyclic) bond motifs is 2. The van der Waals surface area contributed by atoms with Crippen LogP contribution in [0.15, 0.2) is 42.5 Å². The van der Waals surface area contributed by atoms with E-state index in [2.05, 4.69) is 0 Å². The minimum Gasteiger partial charge on any atom is -0.508 e. The van der Waals surface area contributed by atoms with Crippen LogP contribution in [-0.4, -0.2) is 68.4 Å². The van der Waals surface area contributed by atoms with Gasteiger partial charge in [0, 0.05) is 51.8 Å². The van der Waals surface area contributed by atoms with Gasteiger partial charge in [0.1, 0.15) is 34.9 Å². The lowest BCUT2D eigenvalue weighted by atomic mass is 9.77. The highest BCUT2D eigenvalue weighted by Crippen LogP contribution is 2.57. The van der Waals surface area contributed by atoms with Crippen LogP contribution in [0, 0.1) is 6.92 Å². The van der Waals surface area contributed by atoms with E-state index in [4.69, 9.17) is 9.47 Å². The van der Waals surface area contributed by atoms with Gasteiger partial charge in [-0.3, -0.25) is 0 Å². The highest BCUT2D eigenvalue weighted by molar-refractivity contribution is 5.67. The van der Waals surface area contributed by atoms with Gasteiger partial charge in [-0.05, 0) is 37.3 Å². The molecule has 3 unspecified atom stereocenters. The molecule has 5 atom stereocenters. The molecule has 0 radical (unpaired) electrons. The van der Waals surface area contributed by atoms with Crippen molar-refractivity contribution in [2.75, 3.05) is 0 Å². The van der Waals surface area contributed by atoms with Crippen molar-refractivity contribution < 1.29 is 65.6 Å². The third-order valence-corrected chi connectivity index (χ3v) is 8.17. The average molecular weight is 609 g/mol. The Morgan fingerprint density at radius 2 is 1.18 bits per heavy atom. The molecule has 4 aromatic rings. The van der Waals surface area contributed by atoms with E-state index in [1.54, 1.807) is 0 Å². The number of ether oxygens (including phenoxy) is 2. The zero-order chi connectivity index (χ0) is 31.8. The lowest BCUT2D eigenvalue weighted by Crippen LogP contribution is -2.37. The lowest BCUT2D eigenvalue weighted by Gasteiger charge is -2.40. The van der Waals surface area contributed by atoms with Crippen LogP contribution in [0.25, 0.3) is 0 Å². The van der Waals surface area contributed by atoms with Crippen LogP contribution in [0.2, 0.25) is 0 Å². The van der Waals surface area contributed by atoms with Crippen LogP contribution in [0.5, 0.6) is 63.2 Å². The molecule has 0 bridgehead atoms. The van der Waals surface area contributed by atoms with Gasteiger partial charge in [0.2, 0.25) is 0 Å². The summed E-state index contributed by atoms with van der Waals surface area (Å²) in [4.78, 5) is 0. The van der Waals surface area contributed by atoms with E-state index >= 15 is 0 Å². The lowest BCUT2D eigenvalue weighted by molar-refractivity contribution is 0.00172. The number of benzene rings is 4. The molecule has 0 spiro atoms. The molecule has 0 saturated carbocycles. The Morgan fingerprint density at radius 1 is 0.636 bits per heavy atom. The molecular weight excluding hydrogens is 580 g/mol. The number of hydrogen-bond donors (Lipinski definition) is 11. The molecule has 0 amide bonds. The maximum Gasteiger partial charge on any atom is 0.200 e. The summed E-state index contributed by atoms with van der Waals surface area (Å²) in [6.45, 7) is 1.42. The Balaban J connectivity index is 1.57. The summed E-state index contributed by atoms with van der Waals surface area (Å²) in [5, 5.41) is 116. The number of aliphatic hydroxyl groups excluding tert-OH is 2. The summed E-state index contributed by atoms with van der Waals surface area (Å²) in [6.07, 6.45) is -5.81. The number of aromatic hydroxyl groups is 9. The fourth-order valence-electron chi connectivity index (χ4n) is 5.96. The second-order valence-corrected chi connectivity index (χ2v) is 10.9. The molecule has 2 aliphatic rings. The predicted octanol–water partition coefficient (Wildman–Crippen LogP) is 3.01. The van der Waals surface area contributed by atoms with E-state index in [9.17, 15) is 56.2 Å². The molecule has 2 aliphatic heterocycles. The first-order valence-electron chi connectivity index (χ1n) is 13.4. The molecule has 13 nitrogen and oxygen atoms in total. The number of phenolic OH excluding ortho intramolecular Hbond substituents is 9. The van der Waals surface area contributed by atoms with E-state index in [1.165, 1.54) is 25.1 Å². The van der Waals surface area contributed by atoms with Crippen LogP contribution >= 0.6 is 0 Å². The van der Waals surface area contributed by atoms with Crippen molar-refractivity contribution in [1.29, 1.82) is 0 Å². The first-order chi connectivity index (χ1) is 20.8. The van der Waals surface area contributed by atoms with Crippen molar-refractivity contribution >= 4 is 0 Å². The summed E-state index contributed by atoms with van der Waals surface area (Å²) in [5.41, 5.74) is 0.391. The maximum absolute atomic E-state index is 11.8. The van der Waals surface area contributed by atoms with E-state index in [1.807, 2.05) is 0 Å². The molecule has 0 fully saturated rings. The van der Waals surface area contributed by atoms with Gasteiger partial charge in [0.05, 0.1) is 6.10 Å². The highest BCUT2D eigenvalue weighted by Gasteiger charge is 2.45. The van der Waals surface area contributed by atoms with Gasteiger partial charge in [-0.1, -0.05) is 6.07 Å². The molecule has 230 valence electrons. The fraction of sp³-hybridized carbons (Fsp3) is 0.226. The highest BCUT2D eigenvalue weighted by atomic mass is 16.5. The Labute approximate surface area is 248 Å². The minimum absolute atomic E-state index is 0.00316. The number of aliphatic hydroxyl groups is 2. The van der Waals surface area contributed by atoms with Crippen molar-refractivity contribution in [3.05, 3.63) is 75.8 Å². The van der Waals surface area contributed by atoms with Gasteiger partial charge in [-0.15, -0.1) is 0 Å². The molecule has 13 heteroatoms. The van der Waals surface area contributed by atoms with Crippen molar-refractivity contribution in [2.45, 2.75) is 43.7 Å². The van der Waals surface area contributed by atoms with E-state index in [-0.39, 0.29) is 62.8 Å².